The highest BCUT2D eigenvalue weighted by atomic mass is 32.1. The molecule has 3 amide bonds. The Balaban J connectivity index is 1.12. The van der Waals surface area contributed by atoms with Crippen LogP contribution in [0, 0.1) is 17.8 Å². The predicted octanol–water partition coefficient (Wildman–Crippen LogP) is 5.01. The molecule has 1 aromatic heterocycles. The van der Waals surface area contributed by atoms with Gasteiger partial charge in [-0.15, -0.1) is 11.3 Å². The lowest BCUT2D eigenvalue weighted by Crippen LogP contribution is -2.57. The maximum absolute atomic E-state index is 14.1. The van der Waals surface area contributed by atoms with Gasteiger partial charge in [0.25, 0.3) is 5.91 Å². The number of ketones is 1. The molecule has 0 bridgehead atoms. The Bertz CT molecular complexity index is 1510. The molecular weight excluding hydrogens is 627 g/mol. The summed E-state index contributed by atoms with van der Waals surface area (Å²) in [6.45, 7) is 11.0. The third kappa shape index (κ3) is 6.83. The Morgan fingerprint density at radius 2 is 1.83 bits per heavy atom. The van der Waals surface area contributed by atoms with E-state index >= 15 is 0 Å². The van der Waals surface area contributed by atoms with E-state index in [4.69, 9.17) is 4.74 Å². The number of rotatable bonds is 12. The third-order valence-corrected chi connectivity index (χ3v) is 12.2. The van der Waals surface area contributed by atoms with Crippen molar-refractivity contribution in [2.24, 2.45) is 17.8 Å². The number of epoxide rings is 1. The van der Waals surface area contributed by atoms with Gasteiger partial charge in [-0.1, -0.05) is 77.8 Å². The van der Waals surface area contributed by atoms with E-state index in [2.05, 4.69) is 39.6 Å². The second kappa shape index (κ2) is 14.0. The number of thiazole rings is 1. The Morgan fingerprint density at radius 1 is 1.08 bits per heavy atom. The average Bonchev–Trinajstić information content (AvgIpc) is 3.96. The lowest BCUT2D eigenvalue weighted by molar-refractivity contribution is -0.134. The lowest BCUT2D eigenvalue weighted by Gasteiger charge is -2.37. The topological polar surface area (TPSA) is 124 Å². The molecule has 1 aliphatic carbocycles. The summed E-state index contributed by atoms with van der Waals surface area (Å²) in [5.74, 6) is -0.315. The zero-order valence-electron chi connectivity index (χ0n) is 29.1. The lowest BCUT2D eigenvalue weighted by atomic mass is 9.87. The Labute approximate surface area is 288 Å². The standard InChI is InChI=1S/C37H51N5O5S/c1-7-22(4)30(40-32(44)28-15-11-12-16-41(28)6)33(45)38-26(21(2)3)17-29(43)34-39-27(20-48-34)35(46)42-36-31(47-36)23(5)18-37(42)19-25(37)24-13-9-8-10-14-24/h8-10,13-14,20-23,25-26,28,30-31,36H,7,11-12,15-19H2,1-6H3,(H,38,45)(H,40,44)/t22-,23-,25?,26+,28+,30-,31?,36?,37-/m0/s1. The summed E-state index contributed by atoms with van der Waals surface area (Å²) < 4.78 is 6.03. The van der Waals surface area contributed by atoms with E-state index < -0.39 is 12.1 Å². The number of fused-ring (bicyclic) bond motifs is 1. The second-order valence-corrected chi connectivity index (χ2v) is 15.9. The number of aromatic nitrogens is 1. The molecule has 4 fully saturated rings. The fourth-order valence-corrected chi connectivity index (χ4v) is 8.72. The van der Waals surface area contributed by atoms with Gasteiger partial charge in [-0.3, -0.25) is 24.1 Å². The van der Waals surface area contributed by atoms with Crippen LogP contribution < -0.4 is 10.6 Å². The van der Waals surface area contributed by atoms with Crippen LogP contribution in [0.1, 0.15) is 111 Å². The summed E-state index contributed by atoms with van der Waals surface area (Å²) in [6, 6.07) is 8.94. The highest BCUT2D eigenvalue weighted by Gasteiger charge is 2.70. The number of likely N-dealkylation sites (tertiary alicyclic amines) is 2. The van der Waals surface area contributed by atoms with Crippen molar-refractivity contribution in [3.8, 4) is 0 Å². The molecule has 1 spiro atoms. The van der Waals surface area contributed by atoms with Crippen LogP contribution in [0.25, 0.3) is 0 Å². The number of nitrogens with zero attached hydrogens (tertiary/aromatic N) is 3. The van der Waals surface area contributed by atoms with E-state index in [1.54, 1.807) is 5.38 Å². The van der Waals surface area contributed by atoms with E-state index in [-0.39, 0.29) is 82.3 Å². The molecule has 4 heterocycles. The minimum Gasteiger partial charge on any atom is -0.351 e. The number of ether oxygens (including phenoxy) is 1. The van der Waals surface area contributed by atoms with Crippen molar-refractivity contribution in [3.05, 3.63) is 52.0 Å². The normalized spacial score (nSPS) is 29.9. The number of carbonyl (C=O) groups excluding carboxylic acids is 4. The van der Waals surface area contributed by atoms with Crippen molar-refractivity contribution >= 4 is 34.8 Å². The zero-order valence-corrected chi connectivity index (χ0v) is 29.9. The second-order valence-electron chi connectivity index (χ2n) is 15.0. The highest BCUT2D eigenvalue weighted by molar-refractivity contribution is 7.12. The number of carbonyl (C=O) groups is 4. The SMILES string of the molecule is CC[C@H](C)[C@H](NC(=O)[C@H]1CCCCN1C)C(=O)N[C@H](CC(=O)c1nc(C(=O)N2C3OC3[C@@H](C)C[C@@]23CC3c2ccccc2)cs1)C(C)C. The third-order valence-electron chi connectivity index (χ3n) is 11.3. The molecule has 1 saturated carbocycles. The molecule has 2 aromatic rings. The molecule has 3 unspecified atom stereocenters. The molecule has 0 radical (unpaired) electrons. The molecule has 3 aliphatic heterocycles. The Kier molecular flexibility index (Phi) is 10.1. The largest absolute Gasteiger partial charge is 0.351 e. The number of likely N-dealkylation sites (N-methyl/N-ethyl adjacent to an activating group) is 1. The molecule has 1 aromatic carbocycles. The van der Waals surface area contributed by atoms with E-state index in [0.717, 1.165) is 45.1 Å². The maximum Gasteiger partial charge on any atom is 0.275 e. The summed E-state index contributed by atoms with van der Waals surface area (Å²) in [5.41, 5.74) is 1.20. The van der Waals surface area contributed by atoms with E-state index in [1.807, 2.05) is 57.8 Å². The van der Waals surface area contributed by atoms with Crippen molar-refractivity contribution in [2.45, 2.75) is 121 Å². The number of nitrogens with one attached hydrogen (secondary N) is 2. The van der Waals surface area contributed by atoms with Crippen LogP contribution in [-0.4, -0.2) is 87.9 Å². The quantitative estimate of drug-likeness (QED) is 0.239. The van der Waals surface area contributed by atoms with Crippen LogP contribution in [0.3, 0.4) is 0 Å². The van der Waals surface area contributed by atoms with Gasteiger partial charge < -0.3 is 20.3 Å². The van der Waals surface area contributed by atoms with Gasteiger partial charge in [0.15, 0.2) is 17.0 Å². The minimum atomic E-state index is -0.701. The number of Topliss-reactive ketones (excluding diaryl/α,β-unsaturated/α-hetero) is 1. The first-order valence-corrected chi connectivity index (χ1v) is 18.7. The van der Waals surface area contributed by atoms with Crippen LogP contribution in [0.4, 0.5) is 0 Å². The van der Waals surface area contributed by atoms with Crippen molar-refractivity contribution in [1.82, 2.24) is 25.4 Å². The van der Waals surface area contributed by atoms with Gasteiger partial charge in [0.2, 0.25) is 11.8 Å². The number of hydrogen-bond acceptors (Lipinski definition) is 8. The Morgan fingerprint density at radius 3 is 2.52 bits per heavy atom. The number of hydrogen-bond donors (Lipinski definition) is 2. The van der Waals surface area contributed by atoms with Crippen molar-refractivity contribution in [1.29, 1.82) is 0 Å². The highest BCUT2D eigenvalue weighted by Crippen LogP contribution is 2.65. The fraction of sp³-hybridized carbons (Fsp3) is 0.649. The molecular formula is C37H51N5O5S. The molecule has 2 N–H and O–H groups in total. The van der Waals surface area contributed by atoms with Crippen molar-refractivity contribution in [2.75, 3.05) is 13.6 Å². The first kappa shape index (κ1) is 34.7. The maximum atomic E-state index is 14.1. The van der Waals surface area contributed by atoms with Crippen LogP contribution in [0.2, 0.25) is 0 Å². The number of benzene rings is 1. The summed E-state index contributed by atoms with van der Waals surface area (Å²) in [7, 11) is 1.95. The molecule has 11 heteroatoms. The molecule has 260 valence electrons. The van der Waals surface area contributed by atoms with Crippen LogP contribution in [-0.2, 0) is 14.3 Å². The van der Waals surface area contributed by atoms with E-state index in [9.17, 15) is 19.2 Å². The van der Waals surface area contributed by atoms with Crippen LogP contribution in [0.5, 0.6) is 0 Å². The fourth-order valence-electron chi connectivity index (χ4n) is 7.98. The number of amides is 3. The smallest absolute Gasteiger partial charge is 0.275 e. The summed E-state index contributed by atoms with van der Waals surface area (Å²) in [6.07, 6.45) is 5.15. The molecule has 48 heavy (non-hydrogen) atoms. The van der Waals surface area contributed by atoms with Gasteiger partial charge in [-0.2, -0.15) is 0 Å². The van der Waals surface area contributed by atoms with Gasteiger partial charge >= 0.3 is 0 Å². The van der Waals surface area contributed by atoms with Crippen molar-refractivity contribution < 1.29 is 23.9 Å². The molecule has 9 atom stereocenters. The summed E-state index contributed by atoms with van der Waals surface area (Å²) >= 11 is 1.17. The number of piperidine rings is 2. The predicted molar refractivity (Wildman–Crippen MR) is 185 cm³/mol. The van der Waals surface area contributed by atoms with E-state index in [1.165, 1.54) is 16.9 Å². The van der Waals surface area contributed by atoms with Crippen molar-refractivity contribution in [3.63, 3.8) is 0 Å². The van der Waals surface area contributed by atoms with E-state index in [0.29, 0.717) is 5.92 Å². The van der Waals surface area contributed by atoms with Gasteiger partial charge in [0.1, 0.15) is 17.8 Å². The Hall–Kier alpha value is -3.15. The average molecular weight is 678 g/mol. The molecule has 6 rings (SSSR count). The minimum absolute atomic E-state index is 0.0411. The van der Waals surface area contributed by atoms with Gasteiger partial charge in [0, 0.05) is 23.8 Å². The molecule has 4 aliphatic rings. The first-order valence-electron chi connectivity index (χ1n) is 17.8. The zero-order chi connectivity index (χ0) is 34.3. The first-order chi connectivity index (χ1) is 22.9. The van der Waals surface area contributed by atoms with Gasteiger partial charge in [0.05, 0.1) is 11.6 Å². The molecule has 10 nitrogen and oxygen atoms in total. The monoisotopic (exact) mass is 677 g/mol. The van der Waals surface area contributed by atoms with Gasteiger partial charge in [-0.25, -0.2) is 4.98 Å². The summed E-state index contributed by atoms with van der Waals surface area (Å²) in [5, 5.41) is 8.06. The molecule has 3 saturated heterocycles. The van der Waals surface area contributed by atoms with Crippen LogP contribution >= 0.6 is 11.3 Å². The van der Waals surface area contributed by atoms with Crippen LogP contribution in [0.15, 0.2) is 35.7 Å². The summed E-state index contributed by atoms with van der Waals surface area (Å²) in [4.78, 5) is 63.1. The van der Waals surface area contributed by atoms with Gasteiger partial charge in [-0.05, 0) is 62.6 Å².